The van der Waals surface area contributed by atoms with Gasteiger partial charge < -0.3 is 34.9 Å². The van der Waals surface area contributed by atoms with Gasteiger partial charge in [0.1, 0.15) is 30.2 Å². The molecule has 1 aromatic carbocycles. The number of aromatic nitrogens is 1. The summed E-state index contributed by atoms with van der Waals surface area (Å²) in [4.78, 5) is 2.98. The minimum Gasteiger partial charge on any atom is -0.460 e. The molecule has 3 rings (SSSR count). The van der Waals surface area contributed by atoms with Crippen LogP contribution in [0.1, 0.15) is 0 Å². The van der Waals surface area contributed by atoms with Crippen LogP contribution in [0.15, 0.2) is 22.8 Å². The zero-order chi connectivity index (χ0) is 16.7. The number of aliphatic hydroxyl groups is 4. The lowest BCUT2D eigenvalue weighted by Crippen LogP contribution is -2.60. The summed E-state index contributed by atoms with van der Waals surface area (Å²) in [5, 5.41) is 40.0. The normalized spacial score (nSPS) is 31.5. The minimum atomic E-state index is -1.49. The molecule has 0 saturated carbocycles. The van der Waals surface area contributed by atoms with Gasteiger partial charge in [-0.1, -0.05) is 11.6 Å². The number of H-pyrrole nitrogens is 1. The predicted molar refractivity (Wildman–Crippen MR) is 85.4 cm³/mol. The van der Waals surface area contributed by atoms with Gasteiger partial charge in [0.25, 0.3) is 0 Å². The maximum Gasteiger partial charge on any atom is 0.229 e. The van der Waals surface area contributed by atoms with Gasteiger partial charge >= 0.3 is 0 Å². The number of benzene rings is 1. The van der Waals surface area contributed by atoms with Gasteiger partial charge in [0.2, 0.25) is 6.29 Å². The van der Waals surface area contributed by atoms with Gasteiger partial charge in [-0.3, -0.25) is 0 Å². The predicted octanol–water partition coefficient (Wildman–Crippen LogP) is 0.762. The Morgan fingerprint density at radius 3 is 2.65 bits per heavy atom. The summed E-state index contributed by atoms with van der Waals surface area (Å²) < 4.78 is 11.6. The largest absolute Gasteiger partial charge is 0.460 e. The van der Waals surface area contributed by atoms with E-state index in [1.807, 2.05) is 0 Å². The number of fused-ring (bicyclic) bond motifs is 1. The van der Waals surface area contributed by atoms with Crippen molar-refractivity contribution < 1.29 is 29.9 Å². The molecule has 1 aromatic heterocycles. The Kier molecular flexibility index (Phi) is 4.84. The van der Waals surface area contributed by atoms with Crippen LogP contribution in [0, 0.1) is 0 Å². The number of aromatic amines is 1. The molecular weight excluding hydrogens is 394 g/mol. The molecule has 126 valence electrons. The molecule has 0 amide bonds. The molecule has 0 aliphatic carbocycles. The van der Waals surface area contributed by atoms with E-state index in [2.05, 4.69) is 20.9 Å². The fourth-order valence-electron chi connectivity index (χ4n) is 2.48. The van der Waals surface area contributed by atoms with Crippen molar-refractivity contribution in [3.8, 4) is 5.75 Å². The minimum absolute atomic E-state index is 0.377. The molecule has 1 saturated heterocycles. The second kappa shape index (κ2) is 6.56. The summed E-state index contributed by atoms with van der Waals surface area (Å²) in [6.45, 7) is -0.514. The Morgan fingerprint density at radius 2 is 1.96 bits per heavy atom. The maximum absolute atomic E-state index is 10.0. The summed E-state index contributed by atoms with van der Waals surface area (Å²) in [6.07, 6.45) is -5.07. The van der Waals surface area contributed by atoms with Crippen LogP contribution in [0.25, 0.3) is 10.9 Å². The third-order valence-corrected chi connectivity index (χ3v) is 4.97. The standard InChI is InChI=1S/C14H15BrClNO6/c15-6-1-5-8(2-7(6)16)17-3-9(5)22-14-13(21)12(20)11(19)10(4-18)23-14/h1-3,10-14,17-21H,4H2/t10?,11-,12+,13?,14-/m0/s1. The molecule has 1 aliphatic heterocycles. The molecule has 1 fully saturated rings. The average molecular weight is 409 g/mol. The first kappa shape index (κ1) is 17.0. The fraction of sp³-hybridized carbons (Fsp3) is 0.429. The third kappa shape index (κ3) is 3.08. The molecule has 7 nitrogen and oxygen atoms in total. The summed E-state index contributed by atoms with van der Waals surface area (Å²) >= 11 is 9.35. The van der Waals surface area contributed by atoms with Crippen molar-refractivity contribution in [2.45, 2.75) is 30.7 Å². The Labute approximate surface area is 144 Å². The van der Waals surface area contributed by atoms with Gasteiger partial charge in [0, 0.05) is 16.1 Å². The van der Waals surface area contributed by atoms with Gasteiger partial charge in [0.05, 0.1) is 17.1 Å². The molecule has 2 aromatic rings. The van der Waals surface area contributed by atoms with Crippen molar-refractivity contribution >= 4 is 38.4 Å². The van der Waals surface area contributed by atoms with Crippen LogP contribution in [0.2, 0.25) is 5.02 Å². The molecule has 9 heteroatoms. The number of hydrogen-bond acceptors (Lipinski definition) is 6. The van der Waals surface area contributed by atoms with E-state index in [4.69, 9.17) is 21.1 Å². The van der Waals surface area contributed by atoms with Gasteiger partial charge in [-0.25, -0.2) is 0 Å². The van der Waals surface area contributed by atoms with E-state index in [0.29, 0.717) is 20.6 Å². The Balaban J connectivity index is 1.88. The van der Waals surface area contributed by atoms with Crippen LogP contribution < -0.4 is 4.74 Å². The van der Waals surface area contributed by atoms with E-state index in [0.717, 1.165) is 5.52 Å². The van der Waals surface area contributed by atoms with E-state index >= 15 is 0 Å². The summed E-state index contributed by atoms with van der Waals surface area (Å²) in [5.41, 5.74) is 0.720. The first-order valence-electron chi connectivity index (χ1n) is 6.85. The van der Waals surface area contributed by atoms with Crippen molar-refractivity contribution in [2.24, 2.45) is 0 Å². The first-order chi connectivity index (χ1) is 10.9. The van der Waals surface area contributed by atoms with Crippen LogP contribution in [0.4, 0.5) is 0 Å². The molecule has 0 spiro atoms. The highest BCUT2D eigenvalue weighted by atomic mass is 79.9. The van der Waals surface area contributed by atoms with Crippen molar-refractivity contribution in [3.05, 3.63) is 27.8 Å². The Morgan fingerprint density at radius 1 is 1.22 bits per heavy atom. The highest BCUT2D eigenvalue weighted by Crippen LogP contribution is 2.34. The third-order valence-electron chi connectivity index (χ3n) is 3.78. The van der Waals surface area contributed by atoms with Crippen molar-refractivity contribution in [3.63, 3.8) is 0 Å². The van der Waals surface area contributed by atoms with Gasteiger partial charge in [-0.15, -0.1) is 0 Å². The Bertz CT molecular complexity index is 708. The van der Waals surface area contributed by atoms with E-state index in [-0.39, 0.29) is 0 Å². The van der Waals surface area contributed by atoms with Crippen LogP contribution in [-0.2, 0) is 4.74 Å². The fourth-order valence-corrected chi connectivity index (χ4v) is 2.99. The summed E-state index contributed by atoms with van der Waals surface area (Å²) in [6, 6.07) is 3.45. The maximum atomic E-state index is 10.0. The van der Waals surface area contributed by atoms with Crippen LogP contribution in [0.3, 0.4) is 0 Å². The number of hydrogen-bond donors (Lipinski definition) is 5. The quantitative estimate of drug-likeness (QED) is 0.512. The lowest BCUT2D eigenvalue weighted by molar-refractivity contribution is -0.277. The van der Waals surface area contributed by atoms with Crippen molar-refractivity contribution in [1.29, 1.82) is 0 Å². The first-order valence-corrected chi connectivity index (χ1v) is 8.02. The zero-order valence-corrected chi connectivity index (χ0v) is 14.0. The molecule has 1 aliphatic rings. The molecule has 0 bridgehead atoms. The Hall–Kier alpha value is -0.870. The lowest BCUT2D eigenvalue weighted by Gasteiger charge is -2.39. The van der Waals surface area contributed by atoms with E-state index in [9.17, 15) is 20.4 Å². The summed E-state index contributed by atoms with van der Waals surface area (Å²) in [7, 11) is 0. The summed E-state index contributed by atoms with van der Waals surface area (Å²) in [5.74, 6) is 0.377. The van der Waals surface area contributed by atoms with Crippen molar-refractivity contribution in [2.75, 3.05) is 6.61 Å². The molecule has 23 heavy (non-hydrogen) atoms. The van der Waals surface area contributed by atoms with Gasteiger partial charge in [-0.05, 0) is 28.1 Å². The second-order valence-electron chi connectivity index (χ2n) is 5.28. The average Bonchev–Trinajstić information content (AvgIpc) is 2.90. The highest BCUT2D eigenvalue weighted by Gasteiger charge is 2.44. The molecule has 0 radical (unpaired) electrons. The molecular formula is C14H15BrClNO6. The molecule has 2 unspecified atom stereocenters. The lowest BCUT2D eigenvalue weighted by atomic mass is 9.99. The van der Waals surface area contributed by atoms with Gasteiger partial charge in [-0.2, -0.15) is 0 Å². The second-order valence-corrected chi connectivity index (χ2v) is 6.54. The highest BCUT2D eigenvalue weighted by molar-refractivity contribution is 9.10. The zero-order valence-electron chi connectivity index (χ0n) is 11.7. The van der Waals surface area contributed by atoms with Crippen LogP contribution in [-0.4, -0.2) is 62.7 Å². The van der Waals surface area contributed by atoms with E-state index in [1.165, 1.54) is 0 Å². The molecule has 5 atom stereocenters. The molecule has 2 heterocycles. The topological polar surface area (TPSA) is 115 Å². The van der Waals surface area contributed by atoms with E-state index in [1.54, 1.807) is 18.3 Å². The number of aliphatic hydroxyl groups excluding tert-OH is 4. The smallest absolute Gasteiger partial charge is 0.229 e. The van der Waals surface area contributed by atoms with E-state index < -0.39 is 37.3 Å². The number of nitrogens with one attached hydrogen (secondary N) is 1. The van der Waals surface area contributed by atoms with Crippen LogP contribution >= 0.6 is 27.5 Å². The number of rotatable bonds is 3. The van der Waals surface area contributed by atoms with Crippen LogP contribution in [0.5, 0.6) is 5.75 Å². The van der Waals surface area contributed by atoms with Crippen molar-refractivity contribution in [1.82, 2.24) is 4.98 Å². The monoisotopic (exact) mass is 407 g/mol. The SMILES string of the molecule is OCC1O[C@H](Oc2c[nH]c3cc(Cl)c(Br)cc23)C(O)[C@H](O)[C@H]1O. The molecule has 5 N–H and O–H groups in total. The number of halogens is 2. The van der Waals surface area contributed by atoms with Gasteiger partial charge in [0.15, 0.2) is 0 Å². The number of ether oxygens (including phenoxy) is 2.